The van der Waals surface area contributed by atoms with Crippen LogP contribution in [0.25, 0.3) is 0 Å². The predicted molar refractivity (Wildman–Crippen MR) is 65.0 cm³/mol. The molecule has 1 saturated heterocycles. The van der Waals surface area contributed by atoms with Crippen LogP contribution in [0.5, 0.6) is 0 Å². The van der Waals surface area contributed by atoms with E-state index < -0.39 is 0 Å². The zero-order valence-electron chi connectivity index (χ0n) is 9.93. The molecule has 0 aliphatic carbocycles. The van der Waals surface area contributed by atoms with Crippen LogP contribution in [0.3, 0.4) is 0 Å². The van der Waals surface area contributed by atoms with Crippen LogP contribution in [0.15, 0.2) is 12.1 Å². The van der Waals surface area contributed by atoms with E-state index in [1.165, 1.54) is 0 Å². The molecule has 1 aliphatic rings. The van der Waals surface area contributed by atoms with Gasteiger partial charge in [0.2, 0.25) is 0 Å². The third-order valence-corrected chi connectivity index (χ3v) is 2.97. The van der Waals surface area contributed by atoms with Crippen molar-refractivity contribution in [3.8, 4) is 0 Å². The first-order valence-electron chi connectivity index (χ1n) is 6.16. The maximum absolute atomic E-state index is 8.67. The predicted octanol–water partition coefficient (Wildman–Crippen LogP) is 1.16. The summed E-state index contributed by atoms with van der Waals surface area (Å²) in [5, 5.41) is 20.2. The molecule has 2 heterocycles. The monoisotopic (exact) mass is 237 g/mol. The second kappa shape index (κ2) is 6.51. The van der Waals surface area contributed by atoms with Crippen molar-refractivity contribution in [1.29, 1.82) is 0 Å². The molecule has 0 radical (unpaired) electrons. The van der Waals surface area contributed by atoms with Crippen LogP contribution in [0.2, 0.25) is 0 Å². The topological polar surface area (TPSA) is 67.3 Å². The Morgan fingerprint density at radius 2 is 2.12 bits per heavy atom. The van der Waals surface area contributed by atoms with Crippen LogP contribution in [-0.2, 0) is 4.74 Å². The lowest BCUT2D eigenvalue weighted by Crippen LogP contribution is -2.16. The van der Waals surface area contributed by atoms with E-state index in [1.807, 2.05) is 12.1 Å². The molecule has 0 bridgehead atoms. The SMILES string of the molecule is OCCCNc1ccc(C2CCOCC2)nn1. The minimum Gasteiger partial charge on any atom is -0.396 e. The van der Waals surface area contributed by atoms with Gasteiger partial charge in [-0.25, -0.2) is 0 Å². The Balaban J connectivity index is 1.88. The molecule has 1 aromatic heterocycles. The lowest BCUT2D eigenvalue weighted by atomic mass is 9.96. The largest absolute Gasteiger partial charge is 0.396 e. The summed E-state index contributed by atoms with van der Waals surface area (Å²) in [7, 11) is 0. The summed E-state index contributed by atoms with van der Waals surface area (Å²) in [6.45, 7) is 2.56. The number of ether oxygens (including phenoxy) is 1. The van der Waals surface area contributed by atoms with Gasteiger partial charge < -0.3 is 15.2 Å². The smallest absolute Gasteiger partial charge is 0.148 e. The Hall–Kier alpha value is -1.20. The van der Waals surface area contributed by atoms with Gasteiger partial charge >= 0.3 is 0 Å². The zero-order valence-corrected chi connectivity index (χ0v) is 9.93. The highest BCUT2D eigenvalue weighted by atomic mass is 16.5. The number of nitrogens with zero attached hydrogens (tertiary/aromatic N) is 2. The number of hydrogen-bond donors (Lipinski definition) is 2. The Bertz CT molecular complexity index is 323. The highest BCUT2D eigenvalue weighted by Gasteiger charge is 2.17. The first-order valence-corrected chi connectivity index (χ1v) is 6.16. The number of aromatic nitrogens is 2. The summed E-state index contributed by atoms with van der Waals surface area (Å²) < 4.78 is 5.33. The van der Waals surface area contributed by atoms with E-state index in [4.69, 9.17) is 9.84 Å². The van der Waals surface area contributed by atoms with Crippen molar-refractivity contribution in [2.45, 2.75) is 25.2 Å². The highest BCUT2D eigenvalue weighted by molar-refractivity contribution is 5.33. The number of nitrogens with one attached hydrogen (secondary N) is 1. The van der Waals surface area contributed by atoms with Crippen LogP contribution in [0.1, 0.15) is 30.9 Å². The fourth-order valence-corrected chi connectivity index (χ4v) is 1.94. The maximum atomic E-state index is 8.67. The van der Waals surface area contributed by atoms with E-state index in [2.05, 4.69) is 15.5 Å². The minimum absolute atomic E-state index is 0.195. The molecule has 0 spiro atoms. The standard InChI is InChI=1S/C12H19N3O2/c16-7-1-6-13-12-3-2-11(14-15-12)10-4-8-17-9-5-10/h2-3,10,16H,1,4-9H2,(H,13,15). The van der Waals surface area contributed by atoms with Crippen molar-refractivity contribution >= 4 is 5.82 Å². The molecule has 0 atom stereocenters. The molecule has 0 aromatic carbocycles. The molecule has 0 saturated carbocycles. The summed E-state index contributed by atoms with van der Waals surface area (Å²) in [6, 6.07) is 3.99. The van der Waals surface area contributed by atoms with Gasteiger partial charge in [-0.1, -0.05) is 0 Å². The first-order chi connectivity index (χ1) is 8.40. The Kier molecular flexibility index (Phi) is 4.70. The van der Waals surface area contributed by atoms with Gasteiger partial charge in [0.05, 0.1) is 5.69 Å². The molecule has 17 heavy (non-hydrogen) atoms. The van der Waals surface area contributed by atoms with Gasteiger partial charge in [-0.2, -0.15) is 5.10 Å². The van der Waals surface area contributed by atoms with Crippen LogP contribution >= 0.6 is 0 Å². The van der Waals surface area contributed by atoms with Gasteiger partial charge in [0.1, 0.15) is 5.82 Å². The molecule has 0 unspecified atom stereocenters. The normalized spacial score (nSPS) is 17.0. The van der Waals surface area contributed by atoms with Gasteiger partial charge in [-0.3, -0.25) is 0 Å². The first kappa shape index (κ1) is 12.3. The number of aliphatic hydroxyl groups excluding tert-OH is 1. The molecule has 2 rings (SSSR count). The van der Waals surface area contributed by atoms with Crippen molar-refractivity contribution in [2.75, 3.05) is 31.7 Å². The molecular weight excluding hydrogens is 218 g/mol. The maximum Gasteiger partial charge on any atom is 0.148 e. The fourth-order valence-electron chi connectivity index (χ4n) is 1.94. The van der Waals surface area contributed by atoms with Crippen LogP contribution in [-0.4, -0.2) is 41.7 Å². The van der Waals surface area contributed by atoms with Gasteiger partial charge in [-0.05, 0) is 31.4 Å². The number of anilines is 1. The van der Waals surface area contributed by atoms with E-state index in [0.717, 1.165) is 50.5 Å². The average molecular weight is 237 g/mol. The second-order valence-corrected chi connectivity index (χ2v) is 4.23. The Labute approximate surface area is 101 Å². The fraction of sp³-hybridized carbons (Fsp3) is 0.667. The molecular formula is C12H19N3O2. The van der Waals surface area contributed by atoms with Crippen molar-refractivity contribution in [1.82, 2.24) is 10.2 Å². The number of hydrogen-bond acceptors (Lipinski definition) is 5. The van der Waals surface area contributed by atoms with Gasteiger partial charge in [0.25, 0.3) is 0 Å². The summed E-state index contributed by atoms with van der Waals surface area (Å²) in [4.78, 5) is 0. The van der Waals surface area contributed by atoms with E-state index >= 15 is 0 Å². The Morgan fingerprint density at radius 1 is 1.29 bits per heavy atom. The summed E-state index contributed by atoms with van der Waals surface area (Å²) in [5.74, 6) is 1.26. The zero-order chi connectivity index (χ0) is 11.9. The molecule has 2 N–H and O–H groups in total. The summed E-state index contributed by atoms with van der Waals surface area (Å²) in [6.07, 6.45) is 2.79. The van der Waals surface area contributed by atoms with Gasteiger partial charge in [0, 0.05) is 32.3 Å². The van der Waals surface area contributed by atoms with Crippen LogP contribution < -0.4 is 5.32 Å². The summed E-state index contributed by atoms with van der Waals surface area (Å²) >= 11 is 0. The summed E-state index contributed by atoms with van der Waals surface area (Å²) in [5.41, 5.74) is 1.06. The number of rotatable bonds is 5. The van der Waals surface area contributed by atoms with E-state index in [1.54, 1.807) is 0 Å². The van der Waals surface area contributed by atoms with Gasteiger partial charge in [-0.15, -0.1) is 5.10 Å². The molecule has 1 fully saturated rings. The quantitative estimate of drug-likeness (QED) is 0.752. The lowest BCUT2D eigenvalue weighted by Gasteiger charge is -2.20. The lowest BCUT2D eigenvalue weighted by molar-refractivity contribution is 0.0843. The molecule has 5 nitrogen and oxygen atoms in total. The minimum atomic E-state index is 0.195. The third-order valence-electron chi connectivity index (χ3n) is 2.97. The molecule has 1 aromatic rings. The molecule has 1 aliphatic heterocycles. The Morgan fingerprint density at radius 3 is 2.76 bits per heavy atom. The third kappa shape index (κ3) is 3.64. The molecule has 94 valence electrons. The van der Waals surface area contributed by atoms with E-state index in [-0.39, 0.29) is 6.61 Å². The van der Waals surface area contributed by atoms with Crippen molar-refractivity contribution in [3.63, 3.8) is 0 Å². The van der Waals surface area contributed by atoms with Crippen LogP contribution in [0.4, 0.5) is 5.82 Å². The van der Waals surface area contributed by atoms with E-state index in [9.17, 15) is 0 Å². The van der Waals surface area contributed by atoms with Gasteiger partial charge in [0.15, 0.2) is 0 Å². The van der Waals surface area contributed by atoms with Crippen molar-refractivity contribution in [2.24, 2.45) is 0 Å². The highest BCUT2D eigenvalue weighted by Crippen LogP contribution is 2.24. The van der Waals surface area contributed by atoms with Crippen molar-refractivity contribution in [3.05, 3.63) is 17.8 Å². The molecule has 5 heteroatoms. The van der Waals surface area contributed by atoms with Crippen LogP contribution in [0, 0.1) is 0 Å². The second-order valence-electron chi connectivity index (χ2n) is 4.23. The number of aliphatic hydroxyl groups is 1. The van der Waals surface area contributed by atoms with E-state index in [0.29, 0.717) is 5.92 Å². The van der Waals surface area contributed by atoms with Crippen molar-refractivity contribution < 1.29 is 9.84 Å². The molecule has 0 amide bonds. The average Bonchev–Trinajstić information content (AvgIpc) is 2.41.